The third kappa shape index (κ3) is 2.91. The largest absolute Gasteiger partial charge is 0.402 e. The highest BCUT2D eigenvalue weighted by molar-refractivity contribution is 6.51. The van der Waals surface area contributed by atoms with Crippen molar-refractivity contribution in [3.05, 3.63) is 75.9 Å². The summed E-state index contributed by atoms with van der Waals surface area (Å²) in [7, 11) is 0. The summed E-state index contributed by atoms with van der Waals surface area (Å²) in [5.41, 5.74) is 2.60. The standard InChI is InChI=1S/C17H11Cl2NO2/c1-10-2-4-12(5-3-10)16-20-15(17(21)22-16)14(19)11-6-8-13(18)9-7-11/h2-9H,1H3. The van der Waals surface area contributed by atoms with Gasteiger partial charge in [-0.1, -0.05) is 53.0 Å². The summed E-state index contributed by atoms with van der Waals surface area (Å²) in [5.74, 6) is -0.303. The lowest BCUT2D eigenvalue weighted by molar-refractivity contribution is -0.129. The normalized spacial score (nSPS) is 16.3. The van der Waals surface area contributed by atoms with E-state index in [4.69, 9.17) is 27.9 Å². The lowest BCUT2D eigenvalue weighted by Gasteiger charge is -2.00. The summed E-state index contributed by atoms with van der Waals surface area (Å²) in [5, 5.41) is 0.833. The predicted octanol–water partition coefficient (Wildman–Crippen LogP) is 4.56. The molecule has 0 N–H and O–H groups in total. The van der Waals surface area contributed by atoms with E-state index in [0.717, 1.165) is 11.1 Å². The van der Waals surface area contributed by atoms with Crippen LogP contribution < -0.4 is 0 Å². The first-order valence-electron chi connectivity index (χ1n) is 6.58. The number of hydrogen-bond acceptors (Lipinski definition) is 3. The molecule has 0 spiro atoms. The van der Waals surface area contributed by atoms with Crippen LogP contribution in [-0.2, 0) is 9.53 Å². The van der Waals surface area contributed by atoms with Crippen LogP contribution >= 0.6 is 23.2 Å². The van der Waals surface area contributed by atoms with Gasteiger partial charge in [-0.25, -0.2) is 9.79 Å². The van der Waals surface area contributed by atoms with Crippen molar-refractivity contribution in [1.29, 1.82) is 0 Å². The molecule has 5 heteroatoms. The molecule has 0 atom stereocenters. The molecule has 2 aromatic rings. The number of nitrogens with zero attached hydrogens (tertiary/aromatic N) is 1. The number of rotatable bonds is 2. The first kappa shape index (κ1) is 14.8. The molecule has 2 aromatic carbocycles. The van der Waals surface area contributed by atoms with Crippen molar-refractivity contribution >= 4 is 40.1 Å². The summed E-state index contributed by atoms with van der Waals surface area (Å²) < 4.78 is 5.21. The zero-order valence-electron chi connectivity index (χ0n) is 11.6. The molecule has 3 rings (SSSR count). The lowest BCUT2D eigenvalue weighted by atomic mass is 10.1. The molecule has 1 aliphatic heterocycles. The number of cyclic esters (lactones) is 1. The summed E-state index contributed by atoms with van der Waals surface area (Å²) in [6.45, 7) is 1.98. The second-order valence-electron chi connectivity index (χ2n) is 4.84. The molecule has 0 aromatic heterocycles. The lowest BCUT2D eigenvalue weighted by Crippen LogP contribution is -2.05. The molecule has 110 valence electrons. The van der Waals surface area contributed by atoms with E-state index in [1.165, 1.54) is 0 Å². The van der Waals surface area contributed by atoms with Crippen LogP contribution in [0.1, 0.15) is 16.7 Å². The number of aliphatic imine (C=N–C) groups is 1. The summed E-state index contributed by atoms with van der Waals surface area (Å²) in [6, 6.07) is 14.4. The second-order valence-corrected chi connectivity index (χ2v) is 5.66. The average molecular weight is 332 g/mol. The van der Waals surface area contributed by atoms with Gasteiger partial charge in [-0.15, -0.1) is 0 Å². The summed E-state index contributed by atoms with van der Waals surface area (Å²) >= 11 is 12.1. The van der Waals surface area contributed by atoms with Crippen LogP contribution in [0.5, 0.6) is 0 Å². The Balaban J connectivity index is 2.00. The van der Waals surface area contributed by atoms with Gasteiger partial charge in [0, 0.05) is 10.6 Å². The monoisotopic (exact) mass is 331 g/mol. The van der Waals surface area contributed by atoms with Crippen molar-refractivity contribution in [3.63, 3.8) is 0 Å². The van der Waals surface area contributed by atoms with E-state index in [0.29, 0.717) is 10.6 Å². The van der Waals surface area contributed by atoms with E-state index in [-0.39, 0.29) is 16.6 Å². The molecule has 0 saturated carbocycles. The van der Waals surface area contributed by atoms with Gasteiger partial charge < -0.3 is 4.74 Å². The molecule has 0 fully saturated rings. The van der Waals surface area contributed by atoms with Crippen LogP contribution in [0.15, 0.2) is 59.2 Å². The Morgan fingerprint density at radius 3 is 2.32 bits per heavy atom. The highest BCUT2D eigenvalue weighted by Gasteiger charge is 2.27. The molecule has 0 unspecified atom stereocenters. The molecule has 0 bridgehead atoms. The van der Waals surface area contributed by atoms with E-state index < -0.39 is 5.97 Å². The molecule has 0 radical (unpaired) electrons. The van der Waals surface area contributed by atoms with Gasteiger partial charge in [-0.3, -0.25) is 0 Å². The average Bonchev–Trinajstić information content (AvgIpc) is 2.90. The Morgan fingerprint density at radius 2 is 1.68 bits per heavy atom. The Bertz CT molecular complexity index is 790. The molecule has 0 aliphatic carbocycles. The first-order valence-corrected chi connectivity index (χ1v) is 7.34. The minimum Gasteiger partial charge on any atom is -0.402 e. The third-order valence-electron chi connectivity index (χ3n) is 3.20. The number of ether oxygens (including phenoxy) is 1. The van der Waals surface area contributed by atoms with Crippen LogP contribution in [0.4, 0.5) is 0 Å². The third-order valence-corrected chi connectivity index (χ3v) is 3.85. The van der Waals surface area contributed by atoms with Gasteiger partial charge in [0.2, 0.25) is 5.90 Å². The molecular formula is C17H11Cl2NO2. The fraction of sp³-hybridized carbons (Fsp3) is 0.0588. The molecule has 3 nitrogen and oxygen atoms in total. The van der Waals surface area contributed by atoms with Crippen LogP contribution in [0, 0.1) is 6.92 Å². The van der Waals surface area contributed by atoms with Gasteiger partial charge in [0.05, 0.1) is 5.03 Å². The number of halogens is 2. The number of benzene rings is 2. The van der Waals surface area contributed by atoms with Gasteiger partial charge in [-0.05, 0) is 36.8 Å². The van der Waals surface area contributed by atoms with Crippen molar-refractivity contribution in [1.82, 2.24) is 0 Å². The number of carbonyl (C=O) groups excluding carboxylic acids is 1. The minimum absolute atomic E-state index is 0.0968. The first-order chi connectivity index (χ1) is 10.5. The van der Waals surface area contributed by atoms with Crippen molar-refractivity contribution in [2.24, 2.45) is 4.99 Å². The van der Waals surface area contributed by atoms with Gasteiger partial charge in [-0.2, -0.15) is 0 Å². The quantitative estimate of drug-likeness (QED) is 0.597. The molecule has 0 amide bonds. The molecular weight excluding hydrogens is 321 g/mol. The Labute approximate surface area is 137 Å². The maximum atomic E-state index is 12.0. The van der Waals surface area contributed by atoms with Gasteiger partial charge in [0.1, 0.15) is 0 Å². The predicted molar refractivity (Wildman–Crippen MR) is 88.0 cm³/mol. The van der Waals surface area contributed by atoms with Crippen LogP contribution in [-0.4, -0.2) is 11.9 Å². The summed E-state index contributed by atoms with van der Waals surface area (Å²) in [6.07, 6.45) is 0. The van der Waals surface area contributed by atoms with Crippen molar-refractivity contribution in [2.45, 2.75) is 6.92 Å². The molecule has 22 heavy (non-hydrogen) atoms. The zero-order valence-corrected chi connectivity index (χ0v) is 13.2. The Morgan fingerprint density at radius 1 is 1.05 bits per heavy atom. The Kier molecular flexibility index (Phi) is 4.01. The summed E-state index contributed by atoms with van der Waals surface area (Å²) in [4.78, 5) is 16.2. The number of hydrogen-bond donors (Lipinski definition) is 0. The van der Waals surface area contributed by atoms with Gasteiger partial charge >= 0.3 is 5.97 Å². The Hall–Kier alpha value is -2.10. The van der Waals surface area contributed by atoms with Crippen molar-refractivity contribution in [2.75, 3.05) is 0 Å². The molecule has 1 aliphatic rings. The highest BCUT2D eigenvalue weighted by Crippen LogP contribution is 2.29. The topological polar surface area (TPSA) is 38.7 Å². The number of aryl methyl sites for hydroxylation is 1. The van der Waals surface area contributed by atoms with E-state index >= 15 is 0 Å². The molecule has 1 heterocycles. The van der Waals surface area contributed by atoms with E-state index in [1.54, 1.807) is 24.3 Å². The fourth-order valence-electron chi connectivity index (χ4n) is 2.00. The van der Waals surface area contributed by atoms with Crippen LogP contribution in [0.25, 0.3) is 5.03 Å². The molecule has 0 saturated heterocycles. The van der Waals surface area contributed by atoms with Crippen LogP contribution in [0.2, 0.25) is 5.02 Å². The smallest absolute Gasteiger partial charge is 0.365 e. The second kappa shape index (κ2) is 5.95. The highest BCUT2D eigenvalue weighted by atomic mass is 35.5. The van der Waals surface area contributed by atoms with Gasteiger partial charge in [0.15, 0.2) is 5.70 Å². The maximum absolute atomic E-state index is 12.0. The fourth-order valence-corrected chi connectivity index (χ4v) is 2.37. The zero-order chi connectivity index (χ0) is 15.7. The number of carbonyl (C=O) groups is 1. The van der Waals surface area contributed by atoms with Crippen molar-refractivity contribution < 1.29 is 9.53 Å². The van der Waals surface area contributed by atoms with Crippen LogP contribution in [0.3, 0.4) is 0 Å². The SMILES string of the molecule is Cc1ccc(C2=NC(=C(Cl)c3ccc(Cl)cc3)C(=O)O2)cc1. The minimum atomic E-state index is -0.560. The van der Waals surface area contributed by atoms with E-state index in [9.17, 15) is 4.79 Å². The van der Waals surface area contributed by atoms with E-state index in [2.05, 4.69) is 4.99 Å². The van der Waals surface area contributed by atoms with Crippen molar-refractivity contribution in [3.8, 4) is 0 Å². The van der Waals surface area contributed by atoms with Gasteiger partial charge in [0.25, 0.3) is 0 Å². The van der Waals surface area contributed by atoms with E-state index in [1.807, 2.05) is 31.2 Å². The number of esters is 1. The maximum Gasteiger partial charge on any atom is 0.365 e.